The number of carbonyl (C=O) groups is 1. The number of nitrogens with two attached hydrogens (primary N) is 1. The van der Waals surface area contributed by atoms with Crippen LogP contribution in [0.3, 0.4) is 0 Å². The van der Waals surface area contributed by atoms with E-state index in [-0.39, 0.29) is 5.91 Å². The Hall–Kier alpha value is -0.830. The van der Waals surface area contributed by atoms with Crippen LogP contribution in [0.25, 0.3) is 0 Å². The van der Waals surface area contributed by atoms with Gasteiger partial charge < -0.3 is 10.2 Å². The van der Waals surface area contributed by atoms with E-state index in [1.165, 1.54) is 0 Å². The van der Waals surface area contributed by atoms with Gasteiger partial charge in [0.2, 0.25) is 0 Å². The number of hydrogen-bond acceptors (Lipinski definition) is 1. The van der Waals surface area contributed by atoms with Crippen LogP contribution >= 0.6 is 0 Å². The molecule has 3 nitrogen and oxygen atoms in total. The number of rotatable bonds is 6. The third kappa shape index (κ3) is 4.13. The zero-order valence-corrected chi connectivity index (χ0v) is 8.05. The lowest BCUT2D eigenvalue weighted by Gasteiger charge is -2.31. The third-order valence-corrected chi connectivity index (χ3v) is 1.87. The van der Waals surface area contributed by atoms with Gasteiger partial charge in [0.25, 0.3) is 5.91 Å². The maximum atomic E-state index is 10.7. The molecule has 1 amide bonds. The summed E-state index contributed by atoms with van der Waals surface area (Å²) in [4.78, 5) is 10.7. The van der Waals surface area contributed by atoms with Gasteiger partial charge >= 0.3 is 0 Å². The van der Waals surface area contributed by atoms with E-state index in [9.17, 15) is 4.79 Å². The molecule has 0 aliphatic rings. The Morgan fingerprint density at radius 3 is 2.58 bits per heavy atom. The highest BCUT2D eigenvalue weighted by atomic mass is 16.1. The second-order valence-corrected chi connectivity index (χ2v) is 3.44. The van der Waals surface area contributed by atoms with Crippen molar-refractivity contribution in [2.45, 2.75) is 13.3 Å². The first-order valence-corrected chi connectivity index (χ1v) is 4.27. The molecule has 0 rings (SSSR count). The molecule has 1 atom stereocenters. The van der Waals surface area contributed by atoms with E-state index in [1.807, 2.05) is 13.1 Å². The third-order valence-electron chi connectivity index (χ3n) is 1.87. The highest BCUT2D eigenvalue weighted by Gasteiger charge is 2.20. The zero-order valence-electron chi connectivity index (χ0n) is 8.05. The van der Waals surface area contributed by atoms with Gasteiger partial charge in [0, 0.05) is 0 Å². The standard InChI is InChI=1S/C9H18N2O/c1-4-6-11(3,7-5-2)8-9(10)12/h4H,1,5-8H2,2-3H3,(H-,10,12)/p+1. The summed E-state index contributed by atoms with van der Waals surface area (Å²) >= 11 is 0. The van der Waals surface area contributed by atoms with E-state index in [1.54, 1.807) is 0 Å². The fourth-order valence-electron chi connectivity index (χ4n) is 1.46. The van der Waals surface area contributed by atoms with Gasteiger partial charge in [0.1, 0.15) is 0 Å². The fraction of sp³-hybridized carbons (Fsp3) is 0.667. The Bertz CT molecular complexity index is 168. The SMILES string of the molecule is C=CC[N+](C)(CCC)CC(N)=O. The number of nitrogens with zero attached hydrogens (tertiary/aromatic N) is 1. The number of carbonyl (C=O) groups excluding carboxylic acids is 1. The molecule has 0 aromatic carbocycles. The Labute approximate surface area is 74.4 Å². The molecule has 0 aromatic rings. The molecule has 0 aliphatic heterocycles. The molecular weight excluding hydrogens is 152 g/mol. The molecule has 0 fully saturated rings. The predicted molar refractivity (Wildman–Crippen MR) is 50.5 cm³/mol. The van der Waals surface area contributed by atoms with Gasteiger partial charge in [-0.3, -0.25) is 4.79 Å². The molecule has 0 bridgehead atoms. The predicted octanol–water partition coefficient (Wildman–Crippen LogP) is 0.514. The number of amides is 1. The van der Waals surface area contributed by atoms with Crippen LogP contribution in [0.4, 0.5) is 0 Å². The molecule has 0 aromatic heterocycles. The second-order valence-electron chi connectivity index (χ2n) is 3.44. The molecule has 0 saturated heterocycles. The number of primary amides is 1. The molecule has 0 aliphatic carbocycles. The van der Waals surface area contributed by atoms with Crippen molar-refractivity contribution in [1.82, 2.24) is 0 Å². The molecule has 12 heavy (non-hydrogen) atoms. The van der Waals surface area contributed by atoms with E-state index < -0.39 is 0 Å². The summed E-state index contributed by atoms with van der Waals surface area (Å²) in [6.07, 6.45) is 2.89. The van der Waals surface area contributed by atoms with Gasteiger partial charge in [0.15, 0.2) is 6.54 Å². The monoisotopic (exact) mass is 171 g/mol. The van der Waals surface area contributed by atoms with Gasteiger partial charge in [-0.2, -0.15) is 0 Å². The summed E-state index contributed by atoms with van der Waals surface area (Å²) in [7, 11) is 2.02. The van der Waals surface area contributed by atoms with Gasteiger partial charge in [-0.15, -0.1) is 0 Å². The molecule has 0 heterocycles. The van der Waals surface area contributed by atoms with Crippen molar-refractivity contribution in [1.29, 1.82) is 0 Å². The number of likely N-dealkylation sites (N-methyl/N-ethyl adjacent to an activating group) is 1. The van der Waals surface area contributed by atoms with Crippen LogP contribution in [0.1, 0.15) is 13.3 Å². The Morgan fingerprint density at radius 1 is 1.67 bits per heavy atom. The molecular formula is C9H19N2O+. The summed E-state index contributed by atoms with van der Waals surface area (Å²) in [5, 5.41) is 0. The molecule has 2 N–H and O–H groups in total. The number of quaternary nitrogens is 1. The highest BCUT2D eigenvalue weighted by Crippen LogP contribution is 2.03. The summed E-state index contributed by atoms with van der Waals surface area (Å²) in [6.45, 7) is 7.94. The minimum absolute atomic E-state index is 0.243. The van der Waals surface area contributed by atoms with Crippen LogP contribution in [0.2, 0.25) is 0 Å². The van der Waals surface area contributed by atoms with Crippen molar-refractivity contribution in [3.8, 4) is 0 Å². The molecule has 70 valence electrons. The van der Waals surface area contributed by atoms with Gasteiger partial charge in [0.05, 0.1) is 20.1 Å². The molecule has 3 heteroatoms. The van der Waals surface area contributed by atoms with Crippen LogP contribution in [-0.2, 0) is 4.79 Å². The Kier molecular flexibility index (Phi) is 4.59. The molecule has 0 saturated carbocycles. The molecule has 1 unspecified atom stereocenters. The Morgan fingerprint density at radius 2 is 2.25 bits per heavy atom. The molecule has 0 radical (unpaired) electrons. The van der Waals surface area contributed by atoms with Crippen LogP contribution in [-0.4, -0.2) is 37.1 Å². The minimum Gasteiger partial charge on any atom is -0.365 e. The van der Waals surface area contributed by atoms with Crippen LogP contribution < -0.4 is 5.73 Å². The average Bonchev–Trinajstić information content (AvgIpc) is 1.85. The lowest BCUT2D eigenvalue weighted by Crippen LogP contribution is -2.49. The first-order chi connectivity index (χ1) is 5.54. The summed E-state index contributed by atoms with van der Waals surface area (Å²) in [6, 6.07) is 0. The van der Waals surface area contributed by atoms with Crippen LogP contribution in [0, 0.1) is 0 Å². The first-order valence-electron chi connectivity index (χ1n) is 4.27. The topological polar surface area (TPSA) is 43.1 Å². The van der Waals surface area contributed by atoms with Gasteiger partial charge in [-0.05, 0) is 12.5 Å². The zero-order chi connectivity index (χ0) is 9.61. The molecule has 0 spiro atoms. The van der Waals surface area contributed by atoms with Crippen molar-refractivity contribution in [3.63, 3.8) is 0 Å². The summed E-state index contributed by atoms with van der Waals surface area (Å²) in [5.41, 5.74) is 5.15. The first kappa shape index (κ1) is 11.2. The number of hydrogen-bond donors (Lipinski definition) is 1. The lowest BCUT2D eigenvalue weighted by atomic mass is 10.3. The van der Waals surface area contributed by atoms with Crippen molar-refractivity contribution >= 4 is 5.91 Å². The average molecular weight is 171 g/mol. The minimum atomic E-state index is -0.243. The van der Waals surface area contributed by atoms with E-state index in [0.717, 1.165) is 19.5 Å². The second kappa shape index (κ2) is 4.93. The van der Waals surface area contributed by atoms with E-state index in [2.05, 4.69) is 13.5 Å². The summed E-state index contributed by atoms with van der Waals surface area (Å²) in [5.74, 6) is -0.243. The fourth-order valence-corrected chi connectivity index (χ4v) is 1.46. The van der Waals surface area contributed by atoms with Crippen molar-refractivity contribution in [2.75, 3.05) is 26.7 Å². The maximum Gasteiger partial charge on any atom is 0.272 e. The van der Waals surface area contributed by atoms with Gasteiger partial charge in [-0.1, -0.05) is 13.5 Å². The normalized spacial score (nSPS) is 15.2. The summed E-state index contributed by atoms with van der Waals surface area (Å²) < 4.78 is 0.676. The van der Waals surface area contributed by atoms with Crippen molar-refractivity contribution in [2.24, 2.45) is 5.73 Å². The van der Waals surface area contributed by atoms with Crippen LogP contribution in [0.15, 0.2) is 12.7 Å². The van der Waals surface area contributed by atoms with E-state index in [4.69, 9.17) is 5.73 Å². The smallest absolute Gasteiger partial charge is 0.272 e. The quantitative estimate of drug-likeness (QED) is 0.459. The van der Waals surface area contributed by atoms with Crippen molar-refractivity contribution in [3.05, 3.63) is 12.7 Å². The highest BCUT2D eigenvalue weighted by molar-refractivity contribution is 5.74. The lowest BCUT2D eigenvalue weighted by molar-refractivity contribution is -0.896. The van der Waals surface area contributed by atoms with Gasteiger partial charge in [-0.25, -0.2) is 0 Å². The largest absolute Gasteiger partial charge is 0.365 e. The Balaban J connectivity index is 4.15. The van der Waals surface area contributed by atoms with Crippen LogP contribution in [0.5, 0.6) is 0 Å². The van der Waals surface area contributed by atoms with E-state index in [0.29, 0.717) is 11.0 Å². The van der Waals surface area contributed by atoms with Crippen molar-refractivity contribution < 1.29 is 9.28 Å². The maximum absolute atomic E-state index is 10.7. The van der Waals surface area contributed by atoms with E-state index >= 15 is 0 Å².